The van der Waals surface area contributed by atoms with Crippen LogP contribution in [0.1, 0.15) is 10.4 Å². The van der Waals surface area contributed by atoms with Gasteiger partial charge >= 0.3 is 0 Å². The summed E-state index contributed by atoms with van der Waals surface area (Å²) in [4.78, 5) is 40.1. The van der Waals surface area contributed by atoms with Crippen LogP contribution >= 0.6 is 11.6 Å². The summed E-state index contributed by atoms with van der Waals surface area (Å²) in [6.07, 6.45) is 0. The number of para-hydroxylation sites is 1. The van der Waals surface area contributed by atoms with Crippen LogP contribution in [0.5, 0.6) is 0 Å². The van der Waals surface area contributed by atoms with E-state index in [1.54, 1.807) is 29.2 Å². The van der Waals surface area contributed by atoms with E-state index in [1.165, 1.54) is 22.8 Å². The molecule has 31 heavy (non-hydrogen) atoms. The highest BCUT2D eigenvalue weighted by Crippen LogP contribution is 2.23. The number of benzene rings is 2. The number of hydrogen-bond donors (Lipinski definition) is 1. The van der Waals surface area contributed by atoms with E-state index in [1.807, 2.05) is 0 Å². The second-order valence-corrected chi connectivity index (χ2v) is 7.48. The van der Waals surface area contributed by atoms with Gasteiger partial charge in [0.05, 0.1) is 35.0 Å². The highest BCUT2D eigenvalue weighted by atomic mass is 35.5. The minimum absolute atomic E-state index is 0.0528. The molecule has 7 nitrogen and oxygen atoms in total. The van der Waals surface area contributed by atoms with E-state index in [2.05, 4.69) is 5.32 Å². The zero-order valence-corrected chi connectivity index (χ0v) is 17.2. The first-order valence-corrected chi connectivity index (χ1v) is 10.1. The normalized spacial score (nSPS) is 13.9. The van der Waals surface area contributed by atoms with E-state index in [0.29, 0.717) is 42.8 Å². The van der Waals surface area contributed by atoms with Crippen LogP contribution in [-0.2, 0) is 16.1 Å². The van der Waals surface area contributed by atoms with E-state index in [9.17, 15) is 18.8 Å². The lowest BCUT2D eigenvalue weighted by atomic mass is 10.1. The van der Waals surface area contributed by atoms with Gasteiger partial charge in [0.2, 0.25) is 5.91 Å². The lowest BCUT2D eigenvalue weighted by molar-refractivity contribution is -0.116. The molecule has 1 N–H and O–H groups in total. The molecule has 0 unspecified atom stereocenters. The number of halogens is 2. The molecule has 2 amide bonds. The third-order valence-corrected chi connectivity index (χ3v) is 5.37. The van der Waals surface area contributed by atoms with Gasteiger partial charge in [-0.1, -0.05) is 29.8 Å². The minimum Gasteiger partial charge on any atom is -0.378 e. The Bertz CT molecular complexity index is 1220. The maximum absolute atomic E-state index is 13.2. The second kappa shape index (κ2) is 8.87. The zero-order chi connectivity index (χ0) is 22.0. The first-order valence-electron chi connectivity index (χ1n) is 9.68. The Hall–Kier alpha value is -3.23. The van der Waals surface area contributed by atoms with Crippen molar-refractivity contribution in [2.45, 2.75) is 6.54 Å². The van der Waals surface area contributed by atoms with E-state index in [-0.39, 0.29) is 23.2 Å². The average Bonchev–Trinajstić information content (AvgIpc) is 2.77. The van der Waals surface area contributed by atoms with E-state index in [0.717, 1.165) is 6.07 Å². The van der Waals surface area contributed by atoms with Gasteiger partial charge in [0, 0.05) is 24.5 Å². The van der Waals surface area contributed by atoms with Crippen molar-refractivity contribution in [2.75, 3.05) is 31.6 Å². The topological polar surface area (TPSA) is 80.6 Å². The fourth-order valence-corrected chi connectivity index (χ4v) is 3.75. The average molecular weight is 444 g/mol. The summed E-state index contributed by atoms with van der Waals surface area (Å²) < 4.78 is 19.8. The Morgan fingerprint density at radius 2 is 1.84 bits per heavy atom. The molecule has 1 fully saturated rings. The number of anilines is 1. The molecule has 160 valence electrons. The molecule has 1 saturated heterocycles. The second-order valence-electron chi connectivity index (χ2n) is 7.08. The van der Waals surface area contributed by atoms with Crippen molar-refractivity contribution in [2.24, 2.45) is 0 Å². The van der Waals surface area contributed by atoms with Gasteiger partial charge in [-0.05, 0) is 24.3 Å². The summed E-state index contributed by atoms with van der Waals surface area (Å²) in [5, 5.41) is 3.21. The van der Waals surface area contributed by atoms with Gasteiger partial charge < -0.3 is 15.0 Å². The Morgan fingerprint density at radius 1 is 1.10 bits per heavy atom. The standard InChI is InChI=1S/C22H19ClFN3O4/c23-17-11-14(24)5-6-18(17)25-20(28)13-27-19-4-2-1-3-15(19)16(12-21(27)29)22(30)26-7-9-31-10-8-26/h1-6,11-12H,7-10,13H2,(H,25,28). The van der Waals surface area contributed by atoms with Crippen molar-refractivity contribution in [1.82, 2.24) is 9.47 Å². The van der Waals surface area contributed by atoms with Crippen LogP contribution in [0.4, 0.5) is 10.1 Å². The molecule has 0 saturated carbocycles. The molecule has 1 aliphatic heterocycles. The molecule has 2 aromatic carbocycles. The molecule has 0 bridgehead atoms. The Balaban J connectivity index is 1.66. The van der Waals surface area contributed by atoms with E-state index >= 15 is 0 Å². The molecular formula is C22H19ClFN3O4. The van der Waals surface area contributed by atoms with Crippen molar-refractivity contribution in [3.05, 3.63) is 75.3 Å². The van der Waals surface area contributed by atoms with Gasteiger partial charge in [-0.3, -0.25) is 19.0 Å². The predicted octanol–water partition coefficient (Wildman–Crippen LogP) is 2.91. The van der Waals surface area contributed by atoms with Gasteiger partial charge in [0.15, 0.2) is 0 Å². The van der Waals surface area contributed by atoms with Crippen LogP contribution in [0.3, 0.4) is 0 Å². The van der Waals surface area contributed by atoms with E-state index in [4.69, 9.17) is 16.3 Å². The fourth-order valence-electron chi connectivity index (χ4n) is 3.54. The van der Waals surface area contributed by atoms with Gasteiger partial charge in [-0.2, -0.15) is 0 Å². The van der Waals surface area contributed by atoms with Gasteiger partial charge in [0.25, 0.3) is 11.5 Å². The number of morpholine rings is 1. The number of carbonyl (C=O) groups is 2. The molecule has 1 aliphatic rings. The number of rotatable bonds is 4. The molecular weight excluding hydrogens is 425 g/mol. The smallest absolute Gasteiger partial charge is 0.254 e. The van der Waals surface area contributed by atoms with E-state index < -0.39 is 17.3 Å². The van der Waals surface area contributed by atoms with Gasteiger partial charge in [0.1, 0.15) is 12.4 Å². The van der Waals surface area contributed by atoms with Crippen LogP contribution in [0, 0.1) is 5.82 Å². The summed E-state index contributed by atoms with van der Waals surface area (Å²) >= 11 is 5.96. The van der Waals surface area contributed by atoms with Crippen LogP contribution in [0.25, 0.3) is 10.9 Å². The summed E-state index contributed by atoms with van der Waals surface area (Å²) in [5.41, 5.74) is 0.521. The third-order valence-electron chi connectivity index (χ3n) is 5.05. The summed E-state index contributed by atoms with van der Waals surface area (Å²) in [6, 6.07) is 11.8. The van der Waals surface area contributed by atoms with Crippen LogP contribution in [0.15, 0.2) is 53.3 Å². The summed E-state index contributed by atoms with van der Waals surface area (Å²) in [7, 11) is 0. The highest BCUT2D eigenvalue weighted by molar-refractivity contribution is 6.33. The SMILES string of the molecule is O=C(Cn1c(=O)cc(C(=O)N2CCOCC2)c2ccccc21)Nc1ccc(F)cc1Cl. The number of amides is 2. The van der Waals surface area contributed by atoms with Crippen molar-refractivity contribution in [3.8, 4) is 0 Å². The monoisotopic (exact) mass is 443 g/mol. The molecule has 0 radical (unpaired) electrons. The molecule has 0 aliphatic carbocycles. The Morgan fingerprint density at radius 3 is 2.58 bits per heavy atom. The number of nitrogens with one attached hydrogen (secondary N) is 1. The summed E-state index contributed by atoms with van der Waals surface area (Å²) in [5.74, 6) is -1.27. The van der Waals surface area contributed by atoms with Crippen molar-refractivity contribution in [1.29, 1.82) is 0 Å². The van der Waals surface area contributed by atoms with Gasteiger partial charge in [-0.25, -0.2) is 4.39 Å². The fraction of sp³-hybridized carbons (Fsp3) is 0.227. The number of carbonyl (C=O) groups excluding carboxylic acids is 2. The Labute approximate surface area is 182 Å². The number of aromatic nitrogens is 1. The Kier molecular flexibility index (Phi) is 6.01. The largest absolute Gasteiger partial charge is 0.378 e. The zero-order valence-electron chi connectivity index (χ0n) is 16.4. The first-order chi connectivity index (χ1) is 14.9. The molecule has 9 heteroatoms. The molecule has 4 rings (SSSR count). The number of nitrogens with zero attached hydrogens (tertiary/aromatic N) is 2. The van der Waals surface area contributed by atoms with Gasteiger partial charge in [-0.15, -0.1) is 0 Å². The number of ether oxygens (including phenoxy) is 1. The lowest BCUT2D eigenvalue weighted by Crippen LogP contribution is -2.41. The maximum Gasteiger partial charge on any atom is 0.254 e. The van der Waals surface area contributed by atoms with Crippen molar-refractivity contribution in [3.63, 3.8) is 0 Å². The quantitative estimate of drug-likeness (QED) is 0.672. The van der Waals surface area contributed by atoms with Crippen LogP contribution in [-0.4, -0.2) is 47.6 Å². The lowest BCUT2D eigenvalue weighted by Gasteiger charge is -2.27. The molecule has 3 aromatic rings. The van der Waals surface area contributed by atoms with Crippen molar-refractivity contribution >= 4 is 40.0 Å². The molecule has 0 atom stereocenters. The minimum atomic E-state index is -0.522. The molecule has 2 heterocycles. The van der Waals surface area contributed by atoms with Crippen molar-refractivity contribution < 1.29 is 18.7 Å². The third kappa shape index (κ3) is 4.45. The highest BCUT2D eigenvalue weighted by Gasteiger charge is 2.22. The molecule has 1 aromatic heterocycles. The van der Waals surface area contributed by atoms with Crippen LogP contribution in [0.2, 0.25) is 5.02 Å². The number of fused-ring (bicyclic) bond motifs is 1. The number of pyridine rings is 1. The first kappa shape index (κ1) is 21.0. The summed E-state index contributed by atoms with van der Waals surface area (Å²) in [6.45, 7) is 1.52. The van der Waals surface area contributed by atoms with Crippen LogP contribution < -0.4 is 10.9 Å². The molecule has 0 spiro atoms. The number of hydrogen-bond acceptors (Lipinski definition) is 4. The predicted molar refractivity (Wildman–Crippen MR) is 115 cm³/mol. The maximum atomic E-state index is 13.2.